The molecule has 4 heteroatoms. The van der Waals surface area contributed by atoms with Gasteiger partial charge in [0.15, 0.2) is 0 Å². The molecular weight excluding hydrogens is 257 g/mol. The van der Waals surface area contributed by atoms with E-state index in [0.717, 1.165) is 24.8 Å². The van der Waals surface area contributed by atoms with Gasteiger partial charge in [-0.15, -0.1) is 0 Å². The molecule has 1 aliphatic carbocycles. The van der Waals surface area contributed by atoms with E-state index in [2.05, 4.69) is 19.1 Å². The van der Waals surface area contributed by atoms with Crippen LogP contribution in [0.15, 0.2) is 41.3 Å². The van der Waals surface area contributed by atoms with E-state index in [1.165, 1.54) is 0 Å². The molecule has 1 aromatic rings. The van der Waals surface area contributed by atoms with Gasteiger partial charge in [-0.05, 0) is 48.7 Å². The first-order valence-corrected chi connectivity index (χ1v) is 6.75. The van der Waals surface area contributed by atoms with Crippen LogP contribution in [0.3, 0.4) is 0 Å². The second-order valence-corrected chi connectivity index (χ2v) is 5.92. The summed E-state index contributed by atoms with van der Waals surface area (Å²) in [6.45, 7) is 2.13. The Hall–Kier alpha value is -0.900. The van der Waals surface area contributed by atoms with Crippen LogP contribution >= 0.6 is 11.8 Å². The van der Waals surface area contributed by atoms with Crippen molar-refractivity contribution < 1.29 is 13.2 Å². The summed E-state index contributed by atoms with van der Waals surface area (Å²) in [5, 5.41) is 0. The van der Waals surface area contributed by atoms with Gasteiger partial charge in [0.1, 0.15) is 0 Å². The van der Waals surface area contributed by atoms with Gasteiger partial charge in [-0.1, -0.05) is 31.2 Å². The molecule has 0 fully saturated rings. The van der Waals surface area contributed by atoms with Crippen LogP contribution in [-0.2, 0) is 5.41 Å². The highest BCUT2D eigenvalue weighted by Crippen LogP contribution is 2.39. The third kappa shape index (κ3) is 3.31. The van der Waals surface area contributed by atoms with E-state index >= 15 is 0 Å². The molecule has 0 bridgehead atoms. The van der Waals surface area contributed by atoms with Crippen LogP contribution in [0.5, 0.6) is 0 Å². The Balaban J connectivity index is 2.17. The van der Waals surface area contributed by atoms with Crippen molar-refractivity contribution in [3.63, 3.8) is 0 Å². The first kappa shape index (κ1) is 13.5. The van der Waals surface area contributed by atoms with Crippen LogP contribution in [0.4, 0.5) is 13.2 Å². The van der Waals surface area contributed by atoms with Crippen LogP contribution in [-0.4, -0.2) is 5.51 Å². The Bertz CT molecular complexity index is 433. The van der Waals surface area contributed by atoms with Crippen molar-refractivity contribution in [3.8, 4) is 0 Å². The molecule has 0 radical (unpaired) electrons. The van der Waals surface area contributed by atoms with E-state index < -0.39 is 5.51 Å². The summed E-state index contributed by atoms with van der Waals surface area (Å²) < 4.78 is 36.7. The summed E-state index contributed by atoms with van der Waals surface area (Å²) in [5.74, 6) is 0. The Morgan fingerprint density at radius 2 is 1.83 bits per heavy atom. The molecule has 1 atom stereocenters. The van der Waals surface area contributed by atoms with Gasteiger partial charge in [-0.25, -0.2) is 0 Å². The van der Waals surface area contributed by atoms with Crippen LogP contribution in [0.1, 0.15) is 31.7 Å². The van der Waals surface area contributed by atoms with Crippen LogP contribution in [0.25, 0.3) is 0 Å². The van der Waals surface area contributed by atoms with E-state index in [0.29, 0.717) is 0 Å². The number of hydrogen-bond acceptors (Lipinski definition) is 1. The molecule has 18 heavy (non-hydrogen) atoms. The van der Waals surface area contributed by atoms with Gasteiger partial charge in [0.2, 0.25) is 0 Å². The first-order valence-electron chi connectivity index (χ1n) is 5.93. The Kier molecular flexibility index (Phi) is 3.76. The van der Waals surface area contributed by atoms with Crippen LogP contribution in [0, 0.1) is 0 Å². The second kappa shape index (κ2) is 5.00. The van der Waals surface area contributed by atoms with Crippen molar-refractivity contribution in [2.75, 3.05) is 0 Å². The minimum Gasteiger partial charge on any atom is -0.160 e. The third-order valence-electron chi connectivity index (χ3n) is 3.30. The Labute approximate surface area is 109 Å². The molecule has 0 spiro atoms. The summed E-state index contributed by atoms with van der Waals surface area (Å²) >= 11 is -0.0630. The van der Waals surface area contributed by atoms with Crippen molar-refractivity contribution in [3.05, 3.63) is 42.0 Å². The standard InChI is InChI=1S/C14H15F3S/c1-13(9-3-2-4-10-13)11-5-7-12(8-6-11)18-14(15,16)17/h3,5-9H,2,4,10H2,1H3/t13-/m0/s1. The third-order valence-corrected chi connectivity index (χ3v) is 4.04. The summed E-state index contributed by atoms with van der Waals surface area (Å²) in [6.07, 6.45) is 7.60. The molecular formula is C14H15F3S. The fraction of sp³-hybridized carbons (Fsp3) is 0.429. The zero-order chi connectivity index (χ0) is 13.2. The summed E-state index contributed by atoms with van der Waals surface area (Å²) in [6, 6.07) is 6.73. The first-order chi connectivity index (χ1) is 8.39. The smallest absolute Gasteiger partial charge is 0.160 e. The number of rotatable bonds is 2. The number of allylic oxidation sites excluding steroid dienone is 2. The molecule has 0 saturated carbocycles. The minimum absolute atomic E-state index is 0.0281. The van der Waals surface area contributed by atoms with Gasteiger partial charge in [0.25, 0.3) is 0 Å². The Morgan fingerprint density at radius 3 is 2.33 bits per heavy atom. The van der Waals surface area contributed by atoms with Crippen molar-refractivity contribution in [2.45, 2.75) is 42.0 Å². The fourth-order valence-electron chi connectivity index (χ4n) is 2.29. The molecule has 0 nitrogen and oxygen atoms in total. The topological polar surface area (TPSA) is 0 Å². The molecule has 2 rings (SSSR count). The largest absolute Gasteiger partial charge is 0.446 e. The number of hydrogen-bond donors (Lipinski definition) is 0. The molecule has 0 aliphatic heterocycles. The number of benzene rings is 1. The molecule has 1 aliphatic rings. The quantitative estimate of drug-likeness (QED) is 0.520. The zero-order valence-electron chi connectivity index (χ0n) is 10.1. The average molecular weight is 272 g/mol. The molecule has 0 heterocycles. The van der Waals surface area contributed by atoms with E-state index in [9.17, 15) is 13.2 Å². The highest BCUT2D eigenvalue weighted by molar-refractivity contribution is 8.00. The number of thioether (sulfide) groups is 1. The van der Waals surface area contributed by atoms with Crippen LogP contribution in [0.2, 0.25) is 0 Å². The highest BCUT2D eigenvalue weighted by Gasteiger charge is 2.30. The van der Waals surface area contributed by atoms with Gasteiger partial charge in [-0.2, -0.15) is 13.2 Å². The van der Waals surface area contributed by atoms with Crippen molar-refractivity contribution in [2.24, 2.45) is 0 Å². The van der Waals surface area contributed by atoms with Gasteiger partial charge in [0, 0.05) is 10.3 Å². The summed E-state index contributed by atoms with van der Waals surface area (Å²) in [4.78, 5) is 0.245. The fourth-order valence-corrected chi connectivity index (χ4v) is 2.83. The maximum absolute atomic E-state index is 12.2. The SMILES string of the molecule is C[C@]1(c2ccc(SC(F)(F)F)cc2)C=CCCC1. The zero-order valence-corrected chi connectivity index (χ0v) is 10.9. The molecule has 0 unspecified atom stereocenters. The van der Waals surface area contributed by atoms with Crippen molar-refractivity contribution in [1.29, 1.82) is 0 Å². The van der Waals surface area contributed by atoms with Crippen LogP contribution < -0.4 is 0 Å². The van der Waals surface area contributed by atoms with E-state index in [1.807, 2.05) is 12.1 Å². The molecule has 0 N–H and O–H groups in total. The van der Waals surface area contributed by atoms with Gasteiger partial charge in [-0.3, -0.25) is 0 Å². The highest BCUT2D eigenvalue weighted by atomic mass is 32.2. The predicted octanol–water partition coefficient (Wildman–Crippen LogP) is 5.30. The minimum atomic E-state index is -4.21. The molecule has 0 aromatic heterocycles. The maximum Gasteiger partial charge on any atom is 0.446 e. The van der Waals surface area contributed by atoms with Crippen molar-refractivity contribution >= 4 is 11.8 Å². The second-order valence-electron chi connectivity index (χ2n) is 4.78. The van der Waals surface area contributed by atoms with Gasteiger partial charge >= 0.3 is 5.51 Å². The van der Waals surface area contributed by atoms with Crippen molar-refractivity contribution in [1.82, 2.24) is 0 Å². The molecule has 98 valence electrons. The number of alkyl halides is 3. The molecule has 1 aromatic carbocycles. The summed E-state index contributed by atoms with van der Waals surface area (Å²) in [5.41, 5.74) is -3.15. The van der Waals surface area contributed by atoms with E-state index in [1.54, 1.807) is 12.1 Å². The lowest BCUT2D eigenvalue weighted by Gasteiger charge is -2.29. The lowest BCUT2D eigenvalue weighted by atomic mass is 9.75. The predicted molar refractivity (Wildman–Crippen MR) is 68.7 cm³/mol. The molecule has 0 amide bonds. The normalized spacial score (nSPS) is 24.2. The summed E-state index contributed by atoms with van der Waals surface area (Å²) in [7, 11) is 0. The monoisotopic (exact) mass is 272 g/mol. The maximum atomic E-state index is 12.2. The molecule has 0 saturated heterocycles. The van der Waals surface area contributed by atoms with E-state index in [4.69, 9.17) is 0 Å². The average Bonchev–Trinajstić information content (AvgIpc) is 2.28. The lowest BCUT2D eigenvalue weighted by Crippen LogP contribution is -2.20. The number of halogens is 3. The Morgan fingerprint density at radius 1 is 1.17 bits per heavy atom. The van der Waals surface area contributed by atoms with Gasteiger partial charge in [0.05, 0.1) is 0 Å². The lowest BCUT2D eigenvalue weighted by molar-refractivity contribution is -0.0328. The van der Waals surface area contributed by atoms with E-state index in [-0.39, 0.29) is 22.1 Å². The van der Waals surface area contributed by atoms with Gasteiger partial charge < -0.3 is 0 Å².